The van der Waals surface area contributed by atoms with Gasteiger partial charge in [0, 0.05) is 5.56 Å². The van der Waals surface area contributed by atoms with Crippen LogP contribution < -0.4 is 0 Å². The van der Waals surface area contributed by atoms with Gasteiger partial charge in [-0.25, -0.2) is 8.78 Å². The van der Waals surface area contributed by atoms with Gasteiger partial charge in [-0.05, 0) is 42.5 Å². The number of rotatable bonds is 0. The van der Waals surface area contributed by atoms with Crippen LogP contribution in [0.15, 0.2) is 24.3 Å². The molecular weight excluding hydrogens is 218 g/mol. The van der Waals surface area contributed by atoms with Crippen molar-refractivity contribution in [1.82, 2.24) is 0 Å². The molecule has 0 saturated heterocycles. The Morgan fingerprint density at radius 1 is 0.941 bits per heavy atom. The minimum absolute atomic E-state index is 0.380. The third-order valence-electron chi connectivity index (χ3n) is 3.38. The van der Waals surface area contributed by atoms with Gasteiger partial charge >= 0.3 is 0 Å². The van der Waals surface area contributed by atoms with Crippen LogP contribution in [-0.4, -0.2) is 0 Å². The molecule has 0 heterocycles. The summed E-state index contributed by atoms with van der Waals surface area (Å²) in [6.07, 6.45) is 0.699. The molecular formula is C15H12F2. The van der Waals surface area contributed by atoms with Gasteiger partial charge in [-0.15, -0.1) is 0 Å². The van der Waals surface area contributed by atoms with Gasteiger partial charge in [-0.2, -0.15) is 0 Å². The van der Waals surface area contributed by atoms with Crippen molar-refractivity contribution in [2.45, 2.75) is 20.3 Å². The normalized spacial score (nSPS) is 12.5. The average Bonchev–Trinajstić information content (AvgIpc) is 2.63. The summed E-state index contributed by atoms with van der Waals surface area (Å²) in [5.41, 5.74) is 4.79. The molecule has 0 aliphatic heterocycles. The van der Waals surface area contributed by atoms with Crippen LogP contribution in [0, 0.1) is 25.5 Å². The van der Waals surface area contributed by atoms with E-state index in [1.165, 1.54) is 0 Å². The van der Waals surface area contributed by atoms with Gasteiger partial charge in [0.25, 0.3) is 0 Å². The van der Waals surface area contributed by atoms with Crippen LogP contribution in [-0.2, 0) is 6.42 Å². The molecule has 2 aromatic rings. The fourth-order valence-corrected chi connectivity index (χ4v) is 2.57. The molecule has 2 heteroatoms. The Balaban J connectivity index is 2.32. The molecule has 0 aromatic heterocycles. The Bertz CT molecular complexity index is 627. The Morgan fingerprint density at radius 3 is 2.47 bits per heavy atom. The second-order valence-corrected chi connectivity index (χ2v) is 4.69. The zero-order chi connectivity index (χ0) is 12.2. The monoisotopic (exact) mass is 230 g/mol. The van der Waals surface area contributed by atoms with E-state index in [0.717, 1.165) is 22.3 Å². The summed E-state index contributed by atoms with van der Waals surface area (Å²) in [5.74, 6) is -1.43. The van der Waals surface area contributed by atoms with Gasteiger partial charge in [0.05, 0.1) is 0 Å². The zero-order valence-corrected chi connectivity index (χ0v) is 9.77. The maximum Gasteiger partial charge on any atom is 0.167 e. The van der Waals surface area contributed by atoms with Gasteiger partial charge in [0.15, 0.2) is 11.6 Å². The van der Waals surface area contributed by atoms with Gasteiger partial charge in [-0.1, -0.05) is 29.8 Å². The summed E-state index contributed by atoms with van der Waals surface area (Å²) in [7, 11) is 0. The number of aryl methyl sites for hydroxylation is 2. The Labute approximate surface area is 98.9 Å². The lowest BCUT2D eigenvalue weighted by Crippen LogP contribution is -1.94. The second-order valence-electron chi connectivity index (χ2n) is 4.69. The van der Waals surface area contributed by atoms with E-state index in [0.29, 0.717) is 17.5 Å². The first-order valence-electron chi connectivity index (χ1n) is 5.65. The van der Waals surface area contributed by atoms with Crippen LogP contribution in [0.5, 0.6) is 0 Å². The van der Waals surface area contributed by atoms with E-state index < -0.39 is 11.6 Å². The topological polar surface area (TPSA) is 0 Å². The Kier molecular flexibility index (Phi) is 2.09. The fraction of sp³-hybridized carbons (Fsp3) is 0.200. The van der Waals surface area contributed by atoms with E-state index in [4.69, 9.17) is 0 Å². The number of fused-ring (bicyclic) bond motifs is 3. The smallest absolute Gasteiger partial charge is 0.167 e. The van der Waals surface area contributed by atoms with E-state index in [1.54, 1.807) is 13.0 Å². The lowest BCUT2D eigenvalue weighted by molar-refractivity contribution is 0.505. The predicted molar refractivity (Wildman–Crippen MR) is 64.1 cm³/mol. The molecule has 1 aliphatic carbocycles. The molecule has 0 spiro atoms. The van der Waals surface area contributed by atoms with Crippen LogP contribution in [0.25, 0.3) is 11.1 Å². The number of benzene rings is 2. The summed E-state index contributed by atoms with van der Waals surface area (Å²) < 4.78 is 27.6. The Morgan fingerprint density at radius 2 is 1.71 bits per heavy atom. The van der Waals surface area contributed by atoms with Crippen molar-refractivity contribution in [3.63, 3.8) is 0 Å². The van der Waals surface area contributed by atoms with Gasteiger partial charge in [-0.3, -0.25) is 0 Å². The van der Waals surface area contributed by atoms with Crippen molar-refractivity contribution in [3.05, 3.63) is 58.2 Å². The molecule has 0 unspecified atom stereocenters. The predicted octanol–water partition coefficient (Wildman–Crippen LogP) is 4.15. The highest BCUT2D eigenvalue weighted by Gasteiger charge is 2.25. The van der Waals surface area contributed by atoms with Crippen molar-refractivity contribution >= 4 is 0 Å². The lowest BCUT2D eigenvalue weighted by Gasteiger charge is -2.06. The van der Waals surface area contributed by atoms with Crippen LogP contribution >= 0.6 is 0 Å². The van der Waals surface area contributed by atoms with E-state index in [-0.39, 0.29) is 0 Å². The van der Waals surface area contributed by atoms with Gasteiger partial charge in [0.2, 0.25) is 0 Å². The molecule has 0 atom stereocenters. The summed E-state index contributed by atoms with van der Waals surface area (Å²) in [6, 6.07) is 7.62. The molecule has 3 rings (SSSR count). The highest BCUT2D eigenvalue weighted by Crippen LogP contribution is 2.40. The third-order valence-corrected chi connectivity index (χ3v) is 3.38. The SMILES string of the molecule is Cc1ccc2c(c1)Cc1cc(C)c(F)c(F)c1-2. The lowest BCUT2D eigenvalue weighted by atomic mass is 10.0. The molecule has 1 aliphatic rings. The van der Waals surface area contributed by atoms with Crippen LogP contribution in [0.4, 0.5) is 8.78 Å². The second kappa shape index (κ2) is 3.39. The minimum atomic E-state index is -0.725. The standard InChI is InChI=1S/C15H12F2/c1-8-3-4-12-10(5-8)7-11-6-9(2)14(16)15(17)13(11)12/h3-6H,7H2,1-2H3. The molecule has 0 amide bonds. The molecule has 0 fully saturated rings. The molecule has 0 radical (unpaired) electrons. The van der Waals surface area contributed by atoms with E-state index >= 15 is 0 Å². The van der Waals surface area contributed by atoms with E-state index in [1.807, 2.05) is 25.1 Å². The third kappa shape index (κ3) is 1.40. The first-order valence-corrected chi connectivity index (χ1v) is 5.65. The average molecular weight is 230 g/mol. The molecule has 0 saturated carbocycles. The summed E-state index contributed by atoms with van der Waals surface area (Å²) in [5, 5.41) is 0. The quantitative estimate of drug-likeness (QED) is 0.544. The molecule has 17 heavy (non-hydrogen) atoms. The molecule has 2 aromatic carbocycles. The zero-order valence-electron chi connectivity index (χ0n) is 9.77. The number of halogens is 2. The first-order chi connectivity index (χ1) is 8.08. The highest BCUT2D eigenvalue weighted by molar-refractivity contribution is 5.78. The maximum absolute atomic E-state index is 14.0. The molecule has 86 valence electrons. The Hall–Kier alpha value is -1.70. The van der Waals surface area contributed by atoms with Gasteiger partial charge in [0.1, 0.15) is 0 Å². The summed E-state index contributed by atoms with van der Waals surface area (Å²) in [4.78, 5) is 0. The van der Waals surface area contributed by atoms with Crippen molar-refractivity contribution in [1.29, 1.82) is 0 Å². The molecule has 0 nitrogen and oxygen atoms in total. The number of hydrogen-bond acceptors (Lipinski definition) is 0. The first kappa shape index (κ1) is 10.5. The highest BCUT2D eigenvalue weighted by atomic mass is 19.2. The van der Waals surface area contributed by atoms with Crippen LogP contribution in [0.1, 0.15) is 22.3 Å². The largest absolute Gasteiger partial charge is 0.203 e. The van der Waals surface area contributed by atoms with Crippen molar-refractivity contribution in [3.8, 4) is 11.1 Å². The van der Waals surface area contributed by atoms with E-state index in [2.05, 4.69) is 0 Å². The number of hydrogen-bond donors (Lipinski definition) is 0. The van der Waals surface area contributed by atoms with Crippen LogP contribution in [0.2, 0.25) is 0 Å². The van der Waals surface area contributed by atoms with Crippen LogP contribution in [0.3, 0.4) is 0 Å². The summed E-state index contributed by atoms with van der Waals surface area (Å²) in [6.45, 7) is 3.61. The molecule has 0 N–H and O–H groups in total. The van der Waals surface area contributed by atoms with Crippen molar-refractivity contribution in [2.24, 2.45) is 0 Å². The minimum Gasteiger partial charge on any atom is -0.203 e. The van der Waals surface area contributed by atoms with Crippen molar-refractivity contribution < 1.29 is 8.78 Å². The van der Waals surface area contributed by atoms with Crippen molar-refractivity contribution in [2.75, 3.05) is 0 Å². The summed E-state index contributed by atoms with van der Waals surface area (Å²) >= 11 is 0. The fourth-order valence-electron chi connectivity index (χ4n) is 2.57. The molecule has 0 bridgehead atoms. The van der Waals surface area contributed by atoms with E-state index in [9.17, 15) is 8.78 Å². The van der Waals surface area contributed by atoms with Gasteiger partial charge < -0.3 is 0 Å². The maximum atomic E-state index is 14.0.